The zero-order valence-electron chi connectivity index (χ0n) is 15.9. The zero-order valence-corrected chi connectivity index (χ0v) is 15.9. The van der Waals surface area contributed by atoms with Crippen molar-refractivity contribution in [1.82, 2.24) is 5.32 Å². The molecule has 1 aliphatic rings. The largest absolute Gasteiger partial charge is 0.340 e. The summed E-state index contributed by atoms with van der Waals surface area (Å²) in [5.74, 6) is 0.137. The maximum absolute atomic E-state index is 13.0. The minimum Gasteiger partial charge on any atom is -0.340 e. The highest BCUT2D eigenvalue weighted by Gasteiger charge is 2.31. The Morgan fingerprint density at radius 1 is 0.923 bits per heavy atom. The molecule has 0 aliphatic carbocycles. The van der Waals surface area contributed by atoms with E-state index in [9.17, 15) is 4.79 Å². The van der Waals surface area contributed by atoms with Crippen molar-refractivity contribution in [1.29, 1.82) is 0 Å². The first-order chi connectivity index (χ1) is 12.7. The second-order valence-electron chi connectivity index (χ2n) is 7.25. The van der Waals surface area contributed by atoms with E-state index < -0.39 is 0 Å². The van der Waals surface area contributed by atoms with Crippen molar-refractivity contribution in [3.63, 3.8) is 0 Å². The highest BCUT2D eigenvalue weighted by molar-refractivity contribution is 5.80. The van der Waals surface area contributed by atoms with Crippen molar-refractivity contribution < 1.29 is 14.6 Å². The van der Waals surface area contributed by atoms with E-state index in [1.54, 1.807) is 4.90 Å². The van der Waals surface area contributed by atoms with Gasteiger partial charge in [0.1, 0.15) is 26.2 Å². The second-order valence-corrected chi connectivity index (χ2v) is 7.25. The minimum atomic E-state index is -0.102. The van der Waals surface area contributed by atoms with Crippen LogP contribution >= 0.6 is 0 Å². The van der Waals surface area contributed by atoms with E-state index in [-0.39, 0.29) is 18.0 Å². The molecule has 0 radical (unpaired) electrons. The van der Waals surface area contributed by atoms with Crippen LogP contribution < -0.4 is 15.1 Å². The molecule has 1 fully saturated rings. The van der Waals surface area contributed by atoms with Crippen molar-refractivity contribution in [2.45, 2.75) is 25.9 Å². The van der Waals surface area contributed by atoms with Crippen molar-refractivity contribution in [2.75, 3.05) is 32.7 Å². The number of quaternary nitrogens is 2. The van der Waals surface area contributed by atoms with Crippen LogP contribution in [0.25, 0.3) is 0 Å². The normalized spacial score (nSPS) is 21.3. The number of likely N-dealkylation sites (N-methyl/N-ethyl adjacent to an activating group) is 1. The molecular formula is C22H31N3O+2. The Kier molecular flexibility index (Phi) is 6.42. The van der Waals surface area contributed by atoms with Gasteiger partial charge < -0.3 is 15.1 Å². The van der Waals surface area contributed by atoms with E-state index in [1.165, 1.54) is 11.4 Å². The van der Waals surface area contributed by atoms with Crippen molar-refractivity contribution >= 4 is 5.91 Å². The van der Waals surface area contributed by atoms with E-state index in [2.05, 4.69) is 43.4 Å². The number of hydrogen-bond acceptors (Lipinski definition) is 1. The van der Waals surface area contributed by atoms with Crippen LogP contribution in [0.4, 0.5) is 0 Å². The summed E-state index contributed by atoms with van der Waals surface area (Å²) < 4.78 is 0. The molecule has 0 bridgehead atoms. The van der Waals surface area contributed by atoms with Crippen LogP contribution in [-0.2, 0) is 4.79 Å². The average molecular weight is 354 g/mol. The summed E-state index contributed by atoms with van der Waals surface area (Å²) in [6.45, 7) is 9.93. The van der Waals surface area contributed by atoms with Crippen LogP contribution in [0.15, 0.2) is 60.7 Å². The molecule has 4 heteroatoms. The predicted octanol–water partition coefficient (Wildman–Crippen LogP) is 0.0840. The number of piperazine rings is 1. The average Bonchev–Trinajstić information content (AvgIpc) is 2.72. The van der Waals surface area contributed by atoms with Gasteiger partial charge in [0.2, 0.25) is 0 Å². The van der Waals surface area contributed by atoms with E-state index in [0.717, 1.165) is 37.3 Å². The van der Waals surface area contributed by atoms with Gasteiger partial charge in [0.05, 0.1) is 12.6 Å². The van der Waals surface area contributed by atoms with E-state index >= 15 is 0 Å². The summed E-state index contributed by atoms with van der Waals surface area (Å²) in [6.07, 6.45) is 0. The topological polar surface area (TPSA) is 38.0 Å². The fourth-order valence-electron chi connectivity index (χ4n) is 3.81. The fraction of sp³-hybridized carbons (Fsp3) is 0.409. The SMILES string of the molecule is CC[NH+]1CC[NH+]([C@@H](C)C(=O)NC(c2ccccc2)c2ccccc2)CC1. The zero-order chi connectivity index (χ0) is 18.4. The van der Waals surface area contributed by atoms with Crippen LogP contribution in [0.2, 0.25) is 0 Å². The highest BCUT2D eigenvalue weighted by atomic mass is 16.2. The molecule has 2 aromatic rings. The second kappa shape index (κ2) is 8.97. The number of amides is 1. The third-order valence-corrected chi connectivity index (χ3v) is 5.66. The third-order valence-electron chi connectivity index (χ3n) is 5.66. The molecule has 1 heterocycles. The van der Waals surface area contributed by atoms with Crippen LogP contribution in [0.1, 0.15) is 31.0 Å². The van der Waals surface area contributed by atoms with Gasteiger partial charge in [0.15, 0.2) is 6.04 Å². The molecule has 26 heavy (non-hydrogen) atoms. The Balaban J connectivity index is 1.71. The monoisotopic (exact) mass is 353 g/mol. The molecule has 138 valence electrons. The first-order valence-corrected chi connectivity index (χ1v) is 9.77. The van der Waals surface area contributed by atoms with Crippen LogP contribution in [-0.4, -0.2) is 44.7 Å². The standard InChI is InChI=1S/C22H29N3O/c1-3-24-14-16-25(17-15-24)18(2)22(26)23-21(19-10-6-4-7-11-19)20-12-8-5-9-13-20/h4-13,18,21H,3,14-17H2,1-2H3,(H,23,26)/p+2/t18-/m0/s1. The van der Waals surface area contributed by atoms with Crippen LogP contribution in [0.3, 0.4) is 0 Å². The quantitative estimate of drug-likeness (QED) is 0.676. The van der Waals surface area contributed by atoms with Crippen molar-refractivity contribution in [3.05, 3.63) is 71.8 Å². The van der Waals surface area contributed by atoms with Gasteiger partial charge in [-0.15, -0.1) is 0 Å². The summed E-state index contributed by atoms with van der Waals surface area (Å²) in [5.41, 5.74) is 2.24. The fourth-order valence-corrected chi connectivity index (χ4v) is 3.81. The first kappa shape index (κ1) is 18.6. The molecule has 0 aromatic heterocycles. The molecule has 2 aromatic carbocycles. The molecular weight excluding hydrogens is 322 g/mol. The molecule has 1 saturated heterocycles. The third kappa shape index (κ3) is 4.51. The number of carbonyl (C=O) groups excluding carboxylic acids is 1. The Bertz CT molecular complexity index is 642. The van der Waals surface area contributed by atoms with Gasteiger partial charge in [-0.05, 0) is 25.0 Å². The Morgan fingerprint density at radius 2 is 1.42 bits per heavy atom. The minimum absolute atomic E-state index is 0.0247. The van der Waals surface area contributed by atoms with Gasteiger partial charge in [0.25, 0.3) is 5.91 Å². The molecule has 1 atom stereocenters. The summed E-state index contributed by atoms with van der Waals surface area (Å²) in [6, 6.07) is 20.3. The number of nitrogens with one attached hydrogen (secondary N) is 3. The number of carbonyl (C=O) groups is 1. The van der Waals surface area contributed by atoms with E-state index in [1.807, 2.05) is 36.4 Å². The van der Waals surface area contributed by atoms with Crippen molar-refractivity contribution in [3.8, 4) is 0 Å². The molecule has 4 nitrogen and oxygen atoms in total. The smallest absolute Gasteiger partial charge is 0.278 e. The summed E-state index contributed by atoms with van der Waals surface area (Å²) in [4.78, 5) is 16.1. The Hall–Kier alpha value is -2.17. The maximum atomic E-state index is 13.0. The van der Waals surface area contributed by atoms with Crippen LogP contribution in [0.5, 0.6) is 0 Å². The van der Waals surface area contributed by atoms with Crippen LogP contribution in [0, 0.1) is 0 Å². The lowest BCUT2D eigenvalue weighted by Crippen LogP contribution is -3.29. The molecule has 1 aliphatic heterocycles. The molecule has 1 amide bonds. The highest BCUT2D eigenvalue weighted by Crippen LogP contribution is 2.21. The summed E-state index contributed by atoms with van der Waals surface area (Å²) in [7, 11) is 0. The summed E-state index contributed by atoms with van der Waals surface area (Å²) in [5, 5.41) is 3.31. The summed E-state index contributed by atoms with van der Waals surface area (Å²) >= 11 is 0. The van der Waals surface area contributed by atoms with Gasteiger partial charge in [0, 0.05) is 0 Å². The lowest BCUT2D eigenvalue weighted by atomic mass is 9.98. The number of rotatable bonds is 6. The van der Waals surface area contributed by atoms with Crippen molar-refractivity contribution in [2.24, 2.45) is 0 Å². The lowest BCUT2D eigenvalue weighted by molar-refractivity contribution is -1.02. The number of hydrogen-bond donors (Lipinski definition) is 3. The maximum Gasteiger partial charge on any atom is 0.278 e. The molecule has 0 spiro atoms. The lowest BCUT2D eigenvalue weighted by Gasteiger charge is -2.33. The molecule has 3 N–H and O–H groups in total. The van der Waals surface area contributed by atoms with Gasteiger partial charge in [-0.1, -0.05) is 60.7 Å². The van der Waals surface area contributed by atoms with Gasteiger partial charge in [-0.2, -0.15) is 0 Å². The van der Waals surface area contributed by atoms with E-state index in [0.29, 0.717) is 0 Å². The van der Waals surface area contributed by atoms with E-state index in [4.69, 9.17) is 0 Å². The first-order valence-electron chi connectivity index (χ1n) is 9.77. The molecule has 0 unspecified atom stereocenters. The number of benzene rings is 2. The Morgan fingerprint density at radius 3 is 1.88 bits per heavy atom. The predicted molar refractivity (Wildman–Crippen MR) is 104 cm³/mol. The van der Waals surface area contributed by atoms with Gasteiger partial charge in [-0.25, -0.2) is 0 Å². The van der Waals surface area contributed by atoms with Gasteiger partial charge >= 0.3 is 0 Å². The molecule has 3 rings (SSSR count). The van der Waals surface area contributed by atoms with Gasteiger partial charge in [-0.3, -0.25) is 4.79 Å². The molecule has 0 saturated carbocycles. The Labute approximate surface area is 156 Å².